The van der Waals surface area contributed by atoms with Crippen molar-refractivity contribution in [3.8, 4) is 11.4 Å². The molecule has 1 N–H and O–H groups in total. The number of aromatic nitrogens is 5. The Morgan fingerprint density at radius 2 is 1.93 bits per heavy atom. The van der Waals surface area contributed by atoms with Gasteiger partial charge in [-0.2, -0.15) is 4.80 Å². The van der Waals surface area contributed by atoms with Gasteiger partial charge in [0.2, 0.25) is 5.82 Å². The highest BCUT2D eigenvalue weighted by Crippen LogP contribution is 2.16. The summed E-state index contributed by atoms with van der Waals surface area (Å²) in [6, 6.07) is 13.5. The van der Waals surface area contributed by atoms with Gasteiger partial charge in [-0.05, 0) is 42.3 Å². The van der Waals surface area contributed by atoms with E-state index in [1.54, 1.807) is 19.2 Å². The van der Waals surface area contributed by atoms with Crippen molar-refractivity contribution in [2.45, 2.75) is 25.4 Å². The molecule has 2 aromatic heterocycles. The van der Waals surface area contributed by atoms with Crippen LogP contribution in [0.15, 0.2) is 48.7 Å². The third-order valence-corrected chi connectivity index (χ3v) is 4.95. The molecule has 0 unspecified atom stereocenters. The van der Waals surface area contributed by atoms with Crippen LogP contribution < -0.4 is 5.32 Å². The maximum Gasteiger partial charge on any atom is 0.251 e. The minimum absolute atomic E-state index is 0.0400. The van der Waals surface area contributed by atoms with Crippen LogP contribution in [0.2, 0.25) is 0 Å². The number of rotatable bonds is 5. The summed E-state index contributed by atoms with van der Waals surface area (Å²) in [5.41, 5.74) is 2.57. The van der Waals surface area contributed by atoms with E-state index in [1.165, 1.54) is 4.80 Å². The standard InChI is InChI=1S/C20H23N7O/c1-26-24-19(23-25-26)15-5-7-16(8-6-15)20(28)22-17-9-12-27(13-10-17)14-18-4-2-3-11-21-18/h2-8,11,17H,9-10,12-14H2,1H3,(H,22,28). The SMILES string of the molecule is Cn1nnc(-c2ccc(C(=O)NC3CCN(Cc4ccccn4)CC3)cc2)n1. The monoisotopic (exact) mass is 377 g/mol. The van der Waals surface area contributed by atoms with Gasteiger partial charge in [0, 0.05) is 43.0 Å². The second-order valence-corrected chi connectivity index (χ2v) is 7.02. The van der Waals surface area contributed by atoms with Crippen LogP contribution in [-0.2, 0) is 13.6 Å². The zero-order chi connectivity index (χ0) is 19.3. The summed E-state index contributed by atoms with van der Waals surface area (Å²) in [4.78, 5) is 20.7. The van der Waals surface area contributed by atoms with Gasteiger partial charge in [-0.15, -0.1) is 10.2 Å². The van der Waals surface area contributed by atoms with E-state index in [0.717, 1.165) is 43.7 Å². The van der Waals surface area contributed by atoms with E-state index >= 15 is 0 Å². The highest BCUT2D eigenvalue weighted by molar-refractivity contribution is 5.94. The number of hydrogen-bond donors (Lipinski definition) is 1. The first kappa shape index (κ1) is 18.2. The molecule has 8 heteroatoms. The summed E-state index contributed by atoms with van der Waals surface area (Å²) in [5, 5.41) is 15.1. The average Bonchev–Trinajstić information content (AvgIpc) is 3.17. The van der Waals surface area contributed by atoms with Crippen LogP contribution in [0.25, 0.3) is 11.4 Å². The molecule has 1 aliphatic heterocycles. The molecule has 28 heavy (non-hydrogen) atoms. The third kappa shape index (κ3) is 4.40. The van der Waals surface area contributed by atoms with E-state index in [0.29, 0.717) is 11.4 Å². The fraction of sp³-hybridized carbons (Fsp3) is 0.350. The van der Waals surface area contributed by atoms with Gasteiger partial charge in [0.15, 0.2) is 0 Å². The predicted octanol–water partition coefficient (Wildman–Crippen LogP) is 1.67. The second kappa shape index (κ2) is 8.26. The first-order valence-electron chi connectivity index (χ1n) is 9.45. The molecule has 0 bridgehead atoms. The number of aryl methyl sites for hydroxylation is 1. The van der Waals surface area contributed by atoms with Gasteiger partial charge < -0.3 is 5.32 Å². The first-order chi connectivity index (χ1) is 13.7. The van der Waals surface area contributed by atoms with E-state index < -0.39 is 0 Å². The minimum atomic E-state index is -0.0400. The van der Waals surface area contributed by atoms with E-state index in [9.17, 15) is 4.79 Å². The number of nitrogens with one attached hydrogen (secondary N) is 1. The number of benzene rings is 1. The Labute approximate surface area is 163 Å². The van der Waals surface area contributed by atoms with E-state index in [1.807, 2.05) is 36.5 Å². The molecular formula is C20H23N7O. The van der Waals surface area contributed by atoms with Gasteiger partial charge in [-0.3, -0.25) is 14.7 Å². The summed E-state index contributed by atoms with van der Waals surface area (Å²) in [6.07, 6.45) is 3.72. The van der Waals surface area contributed by atoms with Crippen molar-refractivity contribution in [3.05, 3.63) is 59.9 Å². The fourth-order valence-corrected chi connectivity index (χ4v) is 3.40. The minimum Gasteiger partial charge on any atom is -0.349 e. The van der Waals surface area contributed by atoms with Gasteiger partial charge in [0.05, 0.1) is 12.7 Å². The summed E-state index contributed by atoms with van der Waals surface area (Å²) in [6.45, 7) is 2.77. The van der Waals surface area contributed by atoms with E-state index in [4.69, 9.17) is 0 Å². The lowest BCUT2D eigenvalue weighted by molar-refractivity contribution is 0.0908. The molecule has 0 atom stereocenters. The van der Waals surface area contributed by atoms with Crippen molar-refractivity contribution in [2.24, 2.45) is 7.05 Å². The number of tetrazole rings is 1. The fourth-order valence-electron chi connectivity index (χ4n) is 3.40. The largest absolute Gasteiger partial charge is 0.349 e. The van der Waals surface area contributed by atoms with Gasteiger partial charge in [0.1, 0.15) is 0 Å². The lowest BCUT2D eigenvalue weighted by Gasteiger charge is -2.32. The number of carbonyl (C=O) groups excluding carboxylic acids is 1. The van der Waals surface area contributed by atoms with Gasteiger partial charge in [-0.25, -0.2) is 0 Å². The molecule has 1 fully saturated rings. The smallest absolute Gasteiger partial charge is 0.251 e. The first-order valence-corrected chi connectivity index (χ1v) is 9.45. The summed E-state index contributed by atoms with van der Waals surface area (Å²) in [5.74, 6) is 0.511. The van der Waals surface area contributed by atoms with Crippen molar-refractivity contribution in [3.63, 3.8) is 0 Å². The van der Waals surface area contributed by atoms with E-state index in [-0.39, 0.29) is 11.9 Å². The number of likely N-dealkylation sites (tertiary alicyclic amines) is 1. The van der Waals surface area contributed by atoms with Crippen molar-refractivity contribution >= 4 is 5.91 Å². The van der Waals surface area contributed by atoms with Crippen LogP contribution in [0.3, 0.4) is 0 Å². The quantitative estimate of drug-likeness (QED) is 0.728. The molecule has 3 aromatic rings. The van der Waals surface area contributed by atoms with Crippen molar-refractivity contribution in [1.29, 1.82) is 0 Å². The normalized spacial score (nSPS) is 15.5. The van der Waals surface area contributed by atoms with Crippen LogP contribution in [0, 0.1) is 0 Å². The molecular weight excluding hydrogens is 354 g/mol. The number of hydrogen-bond acceptors (Lipinski definition) is 6. The zero-order valence-electron chi connectivity index (χ0n) is 15.8. The Morgan fingerprint density at radius 3 is 2.57 bits per heavy atom. The van der Waals surface area contributed by atoms with Gasteiger partial charge in [-0.1, -0.05) is 18.2 Å². The maximum absolute atomic E-state index is 12.6. The van der Waals surface area contributed by atoms with Crippen molar-refractivity contribution < 1.29 is 4.79 Å². The summed E-state index contributed by atoms with van der Waals surface area (Å²) >= 11 is 0. The maximum atomic E-state index is 12.6. The molecule has 1 amide bonds. The van der Waals surface area contributed by atoms with Crippen LogP contribution in [0.5, 0.6) is 0 Å². The lowest BCUT2D eigenvalue weighted by atomic mass is 10.0. The number of carbonyl (C=O) groups is 1. The number of amides is 1. The molecule has 0 radical (unpaired) electrons. The molecule has 4 rings (SSSR count). The zero-order valence-corrected chi connectivity index (χ0v) is 15.8. The van der Waals surface area contributed by atoms with Crippen molar-refractivity contribution in [1.82, 2.24) is 35.4 Å². The highest BCUT2D eigenvalue weighted by atomic mass is 16.1. The van der Waals surface area contributed by atoms with Crippen LogP contribution >= 0.6 is 0 Å². The second-order valence-electron chi connectivity index (χ2n) is 7.02. The van der Waals surface area contributed by atoms with Crippen LogP contribution in [0.1, 0.15) is 28.9 Å². The molecule has 8 nitrogen and oxygen atoms in total. The summed E-state index contributed by atoms with van der Waals surface area (Å²) in [7, 11) is 1.72. The lowest BCUT2D eigenvalue weighted by Crippen LogP contribution is -2.44. The molecule has 3 heterocycles. The Balaban J connectivity index is 1.28. The molecule has 144 valence electrons. The van der Waals surface area contributed by atoms with E-state index in [2.05, 4.69) is 30.6 Å². The topological polar surface area (TPSA) is 88.8 Å². The predicted molar refractivity (Wildman–Crippen MR) is 104 cm³/mol. The Morgan fingerprint density at radius 1 is 1.14 bits per heavy atom. The average molecular weight is 377 g/mol. The number of pyridine rings is 1. The molecule has 0 aliphatic carbocycles. The highest BCUT2D eigenvalue weighted by Gasteiger charge is 2.21. The molecule has 1 aromatic carbocycles. The molecule has 0 spiro atoms. The Hall–Kier alpha value is -3.13. The summed E-state index contributed by atoms with van der Waals surface area (Å²) < 4.78 is 0. The number of piperidine rings is 1. The van der Waals surface area contributed by atoms with Gasteiger partial charge >= 0.3 is 0 Å². The van der Waals surface area contributed by atoms with Gasteiger partial charge in [0.25, 0.3) is 5.91 Å². The third-order valence-electron chi connectivity index (χ3n) is 4.95. The van der Waals surface area contributed by atoms with Crippen LogP contribution in [0.4, 0.5) is 0 Å². The molecule has 1 aliphatic rings. The number of nitrogens with zero attached hydrogens (tertiary/aromatic N) is 6. The van der Waals surface area contributed by atoms with Crippen LogP contribution in [-0.4, -0.2) is 55.1 Å². The molecule has 0 saturated carbocycles. The Bertz CT molecular complexity index is 915. The Kier molecular flexibility index (Phi) is 5.38. The van der Waals surface area contributed by atoms with Crippen molar-refractivity contribution in [2.75, 3.05) is 13.1 Å². The molecule has 1 saturated heterocycles.